The molecule has 186 valence electrons. The summed E-state index contributed by atoms with van der Waals surface area (Å²) in [6.45, 7) is 4.18. The fourth-order valence-electron chi connectivity index (χ4n) is 4.03. The topological polar surface area (TPSA) is 98.0 Å². The molecule has 0 saturated carbocycles. The molecule has 0 aliphatic carbocycles. The van der Waals surface area contributed by atoms with Gasteiger partial charge in [0.15, 0.2) is 4.80 Å². The fourth-order valence-corrected chi connectivity index (χ4v) is 6.86. The monoisotopic (exact) mass is 535 g/mol. The lowest BCUT2D eigenvalue weighted by molar-refractivity contribution is -0.143. The zero-order chi connectivity index (χ0) is 25.2. The molecular weight excluding hydrogens is 510 g/mol. The van der Waals surface area contributed by atoms with E-state index < -0.39 is 27.8 Å². The van der Waals surface area contributed by atoms with E-state index in [9.17, 15) is 18.0 Å². The number of thiazole rings is 1. The van der Waals surface area contributed by atoms with Crippen LogP contribution in [-0.2, 0) is 30.9 Å². The molecule has 1 unspecified atom stereocenters. The van der Waals surface area contributed by atoms with E-state index in [-0.39, 0.29) is 24.6 Å². The Hall–Kier alpha value is -2.53. The number of amides is 1. The van der Waals surface area contributed by atoms with Gasteiger partial charge in [0, 0.05) is 18.1 Å². The lowest BCUT2D eigenvalue weighted by atomic mass is 9.99. The maximum Gasteiger partial charge on any atom is 0.326 e. The Labute approximate surface area is 212 Å². The fraction of sp³-hybridized carbons (Fsp3) is 0.375. The lowest BCUT2D eigenvalue weighted by Crippen LogP contribution is -2.42. The van der Waals surface area contributed by atoms with Crippen LogP contribution in [0.25, 0.3) is 10.2 Å². The number of aryl methyl sites for hydroxylation is 1. The molecule has 1 aliphatic rings. The molecule has 1 saturated heterocycles. The summed E-state index contributed by atoms with van der Waals surface area (Å²) in [5, 5.41) is 0.532. The van der Waals surface area contributed by atoms with Gasteiger partial charge in [-0.25, -0.2) is 8.42 Å². The van der Waals surface area contributed by atoms with Gasteiger partial charge in [0.2, 0.25) is 10.0 Å². The smallest absolute Gasteiger partial charge is 0.326 e. The highest BCUT2D eigenvalue weighted by Gasteiger charge is 2.33. The number of rotatable bonds is 6. The van der Waals surface area contributed by atoms with Gasteiger partial charge in [-0.05, 0) is 57.0 Å². The van der Waals surface area contributed by atoms with Gasteiger partial charge in [-0.1, -0.05) is 40.6 Å². The van der Waals surface area contributed by atoms with Crippen LogP contribution in [-0.4, -0.2) is 48.9 Å². The number of nitrogens with zero attached hydrogens (tertiary/aromatic N) is 3. The van der Waals surface area contributed by atoms with Crippen molar-refractivity contribution in [3.05, 3.63) is 57.9 Å². The Morgan fingerprint density at radius 1 is 1.20 bits per heavy atom. The number of aromatic nitrogens is 1. The summed E-state index contributed by atoms with van der Waals surface area (Å²) < 4.78 is 35.1. The zero-order valence-electron chi connectivity index (χ0n) is 19.4. The minimum absolute atomic E-state index is 0.0626. The third-order valence-corrected chi connectivity index (χ3v) is 8.99. The van der Waals surface area contributed by atoms with Crippen molar-refractivity contribution in [2.45, 2.75) is 38.1 Å². The Morgan fingerprint density at radius 2 is 1.94 bits per heavy atom. The molecule has 0 radical (unpaired) electrons. The van der Waals surface area contributed by atoms with Crippen molar-refractivity contribution < 1.29 is 22.7 Å². The second kappa shape index (κ2) is 10.6. The van der Waals surface area contributed by atoms with Crippen LogP contribution in [0.5, 0.6) is 0 Å². The number of hydrogen-bond donors (Lipinski definition) is 0. The van der Waals surface area contributed by atoms with E-state index >= 15 is 0 Å². The number of sulfonamides is 1. The molecule has 35 heavy (non-hydrogen) atoms. The summed E-state index contributed by atoms with van der Waals surface area (Å²) in [7, 11) is -3.71. The minimum Gasteiger partial charge on any atom is -0.465 e. The maximum absolute atomic E-state index is 13.2. The quantitative estimate of drug-likeness (QED) is 0.448. The molecular formula is C24H26ClN3O5S2. The first-order chi connectivity index (χ1) is 16.7. The van der Waals surface area contributed by atoms with Gasteiger partial charge in [0.05, 0.1) is 27.6 Å². The Bertz CT molecular complexity index is 1430. The molecule has 11 heteroatoms. The molecule has 2 heterocycles. The van der Waals surface area contributed by atoms with Crippen molar-refractivity contribution in [3.63, 3.8) is 0 Å². The molecule has 0 spiro atoms. The molecule has 1 fully saturated rings. The van der Waals surface area contributed by atoms with Gasteiger partial charge in [-0.3, -0.25) is 9.59 Å². The highest BCUT2D eigenvalue weighted by Crippen LogP contribution is 2.26. The number of piperidine rings is 1. The standard InChI is InChI=1S/C24H26ClN3O5S2/c1-3-33-22(29)15-28-20-11-8-18(25)13-21(20)34-24(28)26-23(30)17-5-4-12-27(14-17)35(31,32)19-9-6-16(2)7-10-19/h6-11,13,17H,3-5,12,14-15H2,1-2H3. The minimum atomic E-state index is -3.71. The van der Waals surface area contributed by atoms with Gasteiger partial charge in [-0.15, -0.1) is 0 Å². The average Bonchev–Trinajstić information content (AvgIpc) is 3.15. The number of carbonyl (C=O) groups is 2. The number of hydrogen-bond acceptors (Lipinski definition) is 6. The van der Waals surface area contributed by atoms with E-state index in [0.717, 1.165) is 10.3 Å². The molecule has 1 amide bonds. The van der Waals surface area contributed by atoms with Crippen LogP contribution in [0.1, 0.15) is 25.3 Å². The van der Waals surface area contributed by atoms with Gasteiger partial charge in [-0.2, -0.15) is 9.30 Å². The molecule has 0 bridgehead atoms. The second-order valence-electron chi connectivity index (χ2n) is 8.35. The maximum atomic E-state index is 13.2. The molecule has 3 aromatic rings. The van der Waals surface area contributed by atoms with Crippen molar-refractivity contribution in [2.75, 3.05) is 19.7 Å². The second-order valence-corrected chi connectivity index (χ2v) is 11.7. The predicted molar refractivity (Wildman–Crippen MR) is 135 cm³/mol. The molecule has 4 rings (SSSR count). The highest BCUT2D eigenvalue weighted by atomic mass is 35.5. The van der Waals surface area contributed by atoms with E-state index in [1.165, 1.54) is 15.6 Å². The summed E-state index contributed by atoms with van der Waals surface area (Å²) in [4.78, 5) is 30.3. The van der Waals surface area contributed by atoms with Crippen molar-refractivity contribution in [1.29, 1.82) is 0 Å². The third-order valence-electron chi connectivity index (χ3n) is 5.84. The number of ether oxygens (including phenoxy) is 1. The van der Waals surface area contributed by atoms with Crippen molar-refractivity contribution in [3.8, 4) is 0 Å². The van der Waals surface area contributed by atoms with E-state index in [1.807, 2.05) is 6.92 Å². The van der Waals surface area contributed by atoms with Gasteiger partial charge < -0.3 is 9.30 Å². The summed E-state index contributed by atoms with van der Waals surface area (Å²) in [6, 6.07) is 11.9. The van der Waals surface area contributed by atoms with Crippen molar-refractivity contribution in [1.82, 2.24) is 8.87 Å². The zero-order valence-corrected chi connectivity index (χ0v) is 21.8. The summed E-state index contributed by atoms with van der Waals surface area (Å²) in [6.07, 6.45) is 1.10. The van der Waals surface area contributed by atoms with Gasteiger partial charge >= 0.3 is 5.97 Å². The SMILES string of the molecule is CCOC(=O)Cn1c(=NC(=O)C2CCCN(S(=O)(=O)c3ccc(C)cc3)C2)sc2cc(Cl)ccc21. The third kappa shape index (κ3) is 5.66. The number of fused-ring (bicyclic) bond motifs is 1. The number of esters is 1. The Balaban J connectivity index is 1.63. The number of carbonyl (C=O) groups excluding carboxylic acids is 2. The van der Waals surface area contributed by atoms with E-state index in [2.05, 4.69) is 4.99 Å². The van der Waals surface area contributed by atoms with Crippen LogP contribution in [0.4, 0.5) is 0 Å². The van der Waals surface area contributed by atoms with Crippen LogP contribution in [0, 0.1) is 12.8 Å². The van der Waals surface area contributed by atoms with Gasteiger partial charge in [0.1, 0.15) is 6.54 Å². The number of benzene rings is 2. The normalized spacial score (nSPS) is 17.6. The summed E-state index contributed by atoms with van der Waals surface area (Å²) >= 11 is 7.37. The van der Waals surface area contributed by atoms with Crippen LogP contribution in [0.15, 0.2) is 52.4 Å². The average molecular weight is 536 g/mol. The summed E-state index contributed by atoms with van der Waals surface area (Å²) in [5.41, 5.74) is 1.68. The molecule has 1 aromatic heterocycles. The van der Waals surface area contributed by atoms with Crippen LogP contribution in [0.3, 0.4) is 0 Å². The van der Waals surface area contributed by atoms with E-state index in [0.29, 0.717) is 34.7 Å². The molecule has 8 nitrogen and oxygen atoms in total. The first-order valence-corrected chi connectivity index (χ1v) is 13.9. The molecule has 0 N–H and O–H groups in total. The van der Waals surface area contributed by atoms with Gasteiger partial charge in [0.25, 0.3) is 5.91 Å². The largest absolute Gasteiger partial charge is 0.465 e. The first kappa shape index (κ1) is 25.6. The van der Waals surface area contributed by atoms with Crippen molar-refractivity contribution in [2.24, 2.45) is 10.9 Å². The van der Waals surface area contributed by atoms with Crippen molar-refractivity contribution >= 4 is 55.1 Å². The van der Waals surface area contributed by atoms with E-state index in [1.54, 1.807) is 54.0 Å². The highest BCUT2D eigenvalue weighted by molar-refractivity contribution is 7.89. The Morgan fingerprint density at radius 3 is 2.66 bits per heavy atom. The van der Waals surface area contributed by atoms with E-state index in [4.69, 9.17) is 16.3 Å². The molecule has 2 aromatic carbocycles. The molecule has 1 atom stereocenters. The van der Waals surface area contributed by atoms with Crippen LogP contribution < -0.4 is 4.80 Å². The predicted octanol–water partition coefficient (Wildman–Crippen LogP) is 3.76. The number of halogens is 1. The first-order valence-electron chi connectivity index (χ1n) is 11.3. The van der Waals surface area contributed by atoms with Crippen LogP contribution >= 0.6 is 22.9 Å². The Kier molecular flexibility index (Phi) is 7.75. The summed E-state index contributed by atoms with van der Waals surface area (Å²) in [5.74, 6) is -1.43. The lowest BCUT2D eigenvalue weighted by Gasteiger charge is -2.30. The van der Waals surface area contributed by atoms with Crippen LogP contribution in [0.2, 0.25) is 5.02 Å². The molecule has 1 aliphatic heterocycles.